The fourth-order valence-corrected chi connectivity index (χ4v) is 3.42. The van der Waals surface area contributed by atoms with Gasteiger partial charge in [0.1, 0.15) is 5.82 Å². The second-order valence-corrected chi connectivity index (χ2v) is 7.26. The maximum atomic E-state index is 13.1. The van der Waals surface area contributed by atoms with Crippen LogP contribution in [-0.4, -0.2) is 26.4 Å². The Bertz CT molecular complexity index is 897. The summed E-state index contributed by atoms with van der Waals surface area (Å²) < 4.78 is 16.0. The Kier molecular flexibility index (Phi) is 6.05. The average molecular weight is 435 g/mol. The number of nitrogens with zero attached hydrogens (tertiary/aromatic N) is 3. The van der Waals surface area contributed by atoms with E-state index in [2.05, 4.69) is 31.4 Å². The molecular formula is C18H16BrFN4OS. The number of hydrogen-bond acceptors (Lipinski definition) is 4. The zero-order chi connectivity index (χ0) is 18.5. The standard InChI is InChI=1S/C18H16BrFN4OS/c1-2-24-17(12-3-7-14(20)8-4-12)22-23-18(24)26-11-16(25)21-15-9-5-13(19)6-10-15/h3-10H,2,11H2,1H3,(H,21,25). The van der Waals surface area contributed by atoms with Crippen molar-refractivity contribution in [2.45, 2.75) is 18.6 Å². The van der Waals surface area contributed by atoms with Gasteiger partial charge in [-0.25, -0.2) is 4.39 Å². The van der Waals surface area contributed by atoms with E-state index in [1.54, 1.807) is 12.1 Å². The molecule has 0 bridgehead atoms. The lowest BCUT2D eigenvalue weighted by atomic mass is 10.2. The third kappa shape index (κ3) is 4.50. The Morgan fingerprint density at radius 1 is 1.15 bits per heavy atom. The summed E-state index contributed by atoms with van der Waals surface area (Å²) in [6.45, 7) is 2.62. The van der Waals surface area contributed by atoms with Gasteiger partial charge in [0, 0.05) is 22.3 Å². The minimum atomic E-state index is -0.296. The molecule has 1 heterocycles. The fourth-order valence-electron chi connectivity index (χ4n) is 2.35. The van der Waals surface area contributed by atoms with Gasteiger partial charge in [0.05, 0.1) is 5.75 Å². The van der Waals surface area contributed by atoms with Crippen LogP contribution in [0, 0.1) is 5.82 Å². The van der Waals surface area contributed by atoms with E-state index in [-0.39, 0.29) is 17.5 Å². The van der Waals surface area contributed by atoms with Crippen molar-refractivity contribution in [3.05, 3.63) is 58.8 Å². The number of hydrogen-bond donors (Lipinski definition) is 1. The Morgan fingerprint density at radius 2 is 1.85 bits per heavy atom. The molecule has 1 amide bonds. The third-order valence-corrected chi connectivity index (χ3v) is 5.09. The normalized spacial score (nSPS) is 10.7. The Labute approximate surface area is 163 Å². The van der Waals surface area contributed by atoms with Gasteiger partial charge in [-0.3, -0.25) is 4.79 Å². The number of thioether (sulfide) groups is 1. The molecule has 0 unspecified atom stereocenters. The van der Waals surface area contributed by atoms with Crippen molar-refractivity contribution in [2.24, 2.45) is 0 Å². The monoisotopic (exact) mass is 434 g/mol. The second-order valence-electron chi connectivity index (χ2n) is 5.40. The molecule has 1 N–H and O–H groups in total. The van der Waals surface area contributed by atoms with Crippen LogP contribution in [0.4, 0.5) is 10.1 Å². The summed E-state index contributed by atoms with van der Waals surface area (Å²) in [5.41, 5.74) is 1.52. The quantitative estimate of drug-likeness (QED) is 0.575. The molecule has 0 aliphatic carbocycles. The molecule has 0 saturated heterocycles. The van der Waals surface area contributed by atoms with Crippen molar-refractivity contribution in [1.29, 1.82) is 0 Å². The van der Waals surface area contributed by atoms with Crippen LogP contribution in [0.5, 0.6) is 0 Å². The molecule has 0 fully saturated rings. The molecule has 0 radical (unpaired) electrons. The molecule has 0 atom stereocenters. The average Bonchev–Trinajstić information content (AvgIpc) is 3.05. The first-order valence-electron chi connectivity index (χ1n) is 7.94. The van der Waals surface area contributed by atoms with E-state index in [9.17, 15) is 9.18 Å². The predicted molar refractivity (Wildman–Crippen MR) is 105 cm³/mol. The van der Waals surface area contributed by atoms with E-state index in [1.165, 1.54) is 23.9 Å². The molecule has 3 aromatic rings. The lowest BCUT2D eigenvalue weighted by Gasteiger charge is -2.08. The number of amides is 1. The zero-order valence-corrected chi connectivity index (χ0v) is 16.3. The van der Waals surface area contributed by atoms with Crippen LogP contribution in [-0.2, 0) is 11.3 Å². The van der Waals surface area contributed by atoms with Gasteiger partial charge >= 0.3 is 0 Å². The van der Waals surface area contributed by atoms with Gasteiger partial charge in [-0.05, 0) is 55.5 Å². The highest BCUT2D eigenvalue weighted by Gasteiger charge is 2.14. The molecule has 0 aliphatic heterocycles. The maximum Gasteiger partial charge on any atom is 0.234 e. The molecule has 134 valence electrons. The predicted octanol–water partition coefficient (Wildman–Crippen LogP) is 4.60. The van der Waals surface area contributed by atoms with E-state index < -0.39 is 0 Å². The van der Waals surface area contributed by atoms with Gasteiger partial charge in [0.15, 0.2) is 11.0 Å². The Morgan fingerprint density at radius 3 is 2.50 bits per heavy atom. The molecular weight excluding hydrogens is 419 g/mol. The number of halogens is 2. The highest BCUT2D eigenvalue weighted by Crippen LogP contribution is 2.24. The highest BCUT2D eigenvalue weighted by molar-refractivity contribution is 9.10. The summed E-state index contributed by atoms with van der Waals surface area (Å²) in [5.74, 6) is 0.461. The minimum absolute atomic E-state index is 0.119. The van der Waals surface area contributed by atoms with Crippen molar-refractivity contribution in [3.63, 3.8) is 0 Å². The molecule has 2 aromatic carbocycles. The highest BCUT2D eigenvalue weighted by atomic mass is 79.9. The Hall–Kier alpha value is -2.19. The van der Waals surface area contributed by atoms with Gasteiger partial charge in [-0.15, -0.1) is 10.2 Å². The largest absolute Gasteiger partial charge is 0.325 e. The summed E-state index contributed by atoms with van der Waals surface area (Å²) in [6.07, 6.45) is 0. The number of nitrogens with one attached hydrogen (secondary N) is 1. The molecule has 0 spiro atoms. The van der Waals surface area contributed by atoms with Crippen molar-refractivity contribution in [3.8, 4) is 11.4 Å². The van der Waals surface area contributed by atoms with E-state index in [4.69, 9.17) is 0 Å². The number of benzene rings is 2. The lowest BCUT2D eigenvalue weighted by Crippen LogP contribution is -2.14. The van der Waals surface area contributed by atoms with Gasteiger partial charge in [-0.2, -0.15) is 0 Å². The molecule has 0 saturated carbocycles. The first-order chi connectivity index (χ1) is 12.6. The van der Waals surface area contributed by atoms with Gasteiger partial charge in [0.25, 0.3) is 0 Å². The molecule has 5 nitrogen and oxygen atoms in total. The van der Waals surface area contributed by atoms with Crippen LogP contribution in [0.1, 0.15) is 6.92 Å². The summed E-state index contributed by atoms with van der Waals surface area (Å²) in [6, 6.07) is 13.5. The van der Waals surface area contributed by atoms with Crippen LogP contribution in [0.3, 0.4) is 0 Å². The Balaban J connectivity index is 1.67. The van der Waals surface area contributed by atoms with Crippen LogP contribution in [0.15, 0.2) is 58.2 Å². The van der Waals surface area contributed by atoms with Crippen LogP contribution >= 0.6 is 27.7 Å². The first-order valence-corrected chi connectivity index (χ1v) is 9.72. The summed E-state index contributed by atoms with van der Waals surface area (Å²) in [4.78, 5) is 12.1. The molecule has 26 heavy (non-hydrogen) atoms. The van der Waals surface area contributed by atoms with Crippen LogP contribution in [0.2, 0.25) is 0 Å². The van der Waals surface area contributed by atoms with E-state index in [0.29, 0.717) is 17.5 Å². The van der Waals surface area contributed by atoms with Crippen LogP contribution in [0.25, 0.3) is 11.4 Å². The molecule has 3 rings (SSSR count). The zero-order valence-electron chi connectivity index (χ0n) is 13.9. The van der Waals surface area contributed by atoms with E-state index in [1.807, 2.05) is 35.8 Å². The minimum Gasteiger partial charge on any atom is -0.325 e. The third-order valence-electron chi connectivity index (χ3n) is 3.60. The van der Waals surface area contributed by atoms with Crippen molar-refractivity contribution in [2.75, 3.05) is 11.1 Å². The molecule has 1 aromatic heterocycles. The second kappa shape index (κ2) is 8.46. The lowest BCUT2D eigenvalue weighted by molar-refractivity contribution is -0.113. The van der Waals surface area contributed by atoms with Gasteiger partial charge in [-0.1, -0.05) is 27.7 Å². The summed E-state index contributed by atoms with van der Waals surface area (Å²) >= 11 is 4.67. The number of carbonyl (C=O) groups is 1. The number of aromatic nitrogens is 3. The van der Waals surface area contributed by atoms with Crippen LogP contribution < -0.4 is 5.32 Å². The maximum absolute atomic E-state index is 13.1. The number of anilines is 1. The molecule has 8 heteroatoms. The summed E-state index contributed by atoms with van der Waals surface area (Å²) in [7, 11) is 0. The van der Waals surface area contributed by atoms with E-state index >= 15 is 0 Å². The fraction of sp³-hybridized carbons (Fsp3) is 0.167. The van der Waals surface area contributed by atoms with Crippen molar-refractivity contribution >= 4 is 39.3 Å². The summed E-state index contributed by atoms with van der Waals surface area (Å²) in [5, 5.41) is 11.9. The number of carbonyl (C=O) groups excluding carboxylic acids is 1. The van der Waals surface area contributed by atoms with Crippen molar-refractivity contribution in [1.82, 2.24) is 14.8 Å². The topological polar surface area (TPSA) is 59.8 Å². The first kappa shape index (κ1) is 18.6. The van der Waals surface area contributed by atoms with E-state index in [0.717, 1.165) is 15.7 Å². The van der Waals surface area contributed by atoms with Gasteiger partial charge in [0.2, 0.25) is 5.91 Å². The van der Waals surface area contributed by atoms with Gasteiger partial charge < -0.3 is 9.88 Å². The smallest absolute Gasteiger partial charge is 0.234 e. The number of rotatable bonds is 6. The van der Waals surface area contributed by atoms with Crippen molar-refractivity contribution < 1.29 is 9.18 Å². The SMILES string of the molecule is CCn1c(SCC(=O)Nc2ccc(Br)cc2)nnc1-c1ccc(F)cc1. The molecule has 0 aliphatic rings.